The Kier molecular flexibility index (Phi) is 3.08. The van der Waals surface area contributed by atoms with Gasteiger partial charge in [-0.15, -0.1) is 0 Å². The molecule has 1 aromatic heterocycles. The normalized spacial score (nSPS) is 19.2. The van der Waals surface area contributed by atoms with Gasteiger partial charge in [0.15, 0.2) is 0 Å². The van der Waals surface area contributed by atoms with Crippen LogP contribution in [0.1, 0.15) is 43.9 Å². The molecule has 0 bridgehead atoms. The van der Waals surface area contributed by atoms with Gasteiger partial charge in [-0.3, -0.25) is 0 Å². The molecular formula is C15H18FNO. The molecule has 1 aliphatic rings. The first-order valence-corrected chi connectivity index (χ1v) is 6.68. The second-order valence-corrected chi connectivity index (χ2v) is 5.25. The van der Waals surface area contributed by atoms with E-state index in [0.717, 1.165) is 16.7 Å². The Hall–Kier alpha value is -1.35. The average molecular weight is 247 g/mol. The van der Waals surface area contributed by atoms with Crippen molar-refractivity contribution in [1.82, 2.24) is 0 Å². The van der Waals surface area contributed by atoms with Crippen LogP contribution >= 0.6 is 0 Å². The molecular weight excluding hydrogens is 229 g/mol. The fourth-order valence-electron chi connectivity index (χ4n) is 2.92. The second-order valence-electron chi connectivity index (χ2n) is 5.25. The van der Waals surface area contributed by atoms with E-state index in [9.17, 15) is 4.39 Å². The molecule has 1 atom stereocenters. The SMILES string of the molecule is NC(c1cc2cc(F)ccc2o1)C1CCCCC1. The van der Waals surface area contributed by atoms with Crippen LogP contribution in [0.5, 0.6) is 0 Å². The summed E-state index contributed by atoms with van der Waals surface area (Å²) in [7, 11) is 0. The van der Waals surface area contributed by atoms with E-state index >= 15 is 0 Å². The number of nitrogens with two attached hydrogens (primary N) is 1. The van der Waals surface area contributed by atoms with Crippen molar-refractivity contribution < 1.29 is 8.81 Å². The van der Waals surface area contributed by atoms with Crippen LogP contribution in [0.2, 0.25) is 0 Å². The lowest BCUT2D eigenvalue weighted by atomic mass is 9.83. The Morgan fingerprint density at radius 2 is 1.94 bits per heavy atom. The van der Waals surface area contributed by atoms with Gasteiger partial charge in [-0.1, -0.05) is 19.3 Å². The maximum absolute atomic E-state index is 13.1. The summed E-state index contributed by atoms with van der Waals surface area (Å²) < 4.78 is 18.9. The molecule has 2 nitrogen and oxygen atoms in total. The lowest BCUT2D eigenvalue weighted by molar-refractivity contribution is 0.284. The molecule has 3 heteroatoms. The first kappa shape index (κ1) is 11.7. The highest BCUT2D eigenvalue weighted by Crippen LogP contribution is 2.35. The molecule has 2 N–H and O–H groups in total. The number of hydrogen-bond acceptors (Lipinski definition) is 2. The third kappa shape index (κ3) is 2.15. The van der Waals surface area contributed by atoms with E-state index in [4.69, 9.17) is 10.2 Å². The summed E-state index contributed by atoms with van der Waals surface area (Å²) in [5.74, 6) is 1.06. The Morgan fingerprint density at radius 1 is 1.17 bits per heavy atom. The molecule has 18 heavy (non-hydrogen) atoms. The minimum Gasteiger partial charge on any atom is -0.459 e. The third-order valence-electron chi connectivity index (χ3n) is 3.98. The van der Waals surface area contributed by atoms with Crippen LogP contribution in [0.25, 0.3) is 11.0 Å². The number of benzene rings is 1. The zero-order chi connectivity index (χ0) is 12.5. The van der Waals surface area contributed by atoms with Gasteiger partial charge in [0.1, 0.15) is 17.2 Å². The van der Waals surface area contributed by atoms with E-state index in [-0.39, 0.29) is 11.9 Å². The number of hydrogen-bond donors (Lipinski definition) is 1. The number of fused-ring (bicyclic) bond motifs is 1. The van der Waals surface area contributed by atoms with E-state index < -0.39 is 0 Å². The van der Waals surface area contributed by atoms with Crippen molar-refractivity contribution in [2.45, 2.75) is 38.1 Å². The first-order valence-electron chi connectivity index (χ1n) is 6.68. The monoisotopic (exact) mass is 247 g/mol. The standard InChI is InChI=1S/C15H18FNO/c16-12-6-7-13-11(8-12)9-14(18-13)15(17)10-4-2-1-3-5-10/h6-10,15H,1-5,17H2. The zero-order valence-corrected chi connectivity index (χ0v) is 10.4. The second kappa shape index (κ2) is 4.73. The molecule has 0 spiro atoms. The Labute approximate surface area is 106 Å². The quantitative estimate of drug-likeness (QED) is 0.865. The molecule has 0 amide bonds. The highest BCUT2D eigenvalue weighted by molar-refractivity contribution is 5.78. The van der Waals surface area contributed by atoms with Crippen LogP contribution < -0.4 is 5.73 Å². The molecule has 1 fully saturated rings. The minimum atomic E-state index is -0.235. The van der Waals surface area contributed by atoms with E-state index in [1.54, 1.807) is 6.07 Å². The highest BCUT2D eigenvalue weighted by Gasteiger charge is 2.24. The van der Waals surface area contributed by atoms with Gasteiger partial charge in [0.2, 0.25) is 0 Å². The number of furan rings is 1. The molecule has 96 valence electrons. The van der Waals surface area contributed by atoms with Crippen LogP contribution in [-0.2, 0) is 0 Å². The van der Waals surface area contributed by atoms with Gasteiger partial charge in [0.25, 0.3) is 0 Å². The van der Waals surface area contributed by atoms with Crippen LogP contribution in [0.4, 0.5) is 4.39 Å². The summed E-state index contributed by atoms with van der Waals surface area (Å²) in [5.41, 5.74) is 7.00. The van der Waals surface area contributed by atoms with Crippen molar-refractivity contribution in [2.24, 2.45) is 11.7 Å². The van der Waals surface area contributed by atoms with Crippen LogP contribution in [-0.4, -0.2) is 0 Å². The zero-order valence-electron chi connectivity index (χ0n) is 10.4. The average Bonchev–Trinajstić information content (AvgIpc) is 2.81. The van der Waals surface area contributed by atoms with Gasteiger partial charge in [-0.2, -0.15) is 0 Å². The summed E-state index contributed by atoms with van der Waals surface area (Å²) in [5, 5.41) is 0.802. The fourth-order valence-corrected chi connectivity index (χ4v) is 2.92. The largest absolute Gasteiger partial charge is 0.459 e. The molecule has 1 heterocycles. The number of halogens is 1. The topological polar surface area (TPSA) is 39.2 Å². The van der Waals surface area contributed by atoms with Crippen molar-refractivity contribution in [3.63, 3.8) is 0 Å². The lowest BCUT2D eigenvalue weighted by Crippen LogP contribution is -2.22. The van der Waals surface area contributed by atoms with Gasteiger partial charge < -0.3 is 10.2 Å². The molecule has 1 aromatic carbocycles. The van der Waals surface area contributed by atoms with Crippen LogP contribution in [0, 0.1) is 11.7 Å². The van der Waals surface area contributed by atoms with Gasteiger partial charge in [0.05, 0.1) is 6.04 Å². The molecule has 3 rings (SSSR count). The first-order chi connectivity index (χ1) is 8.74. The smallest absolute Gasteiger partial charge is 0.134 e. The maximum Gasteiger partial charge on any atom is 0.134 e. The molecule has 0 saturated heterocycles. The van der Waals surface area contributed by atoms with Gasteiger partial charge in [-0.25, -0.2) is 4.39 Å². The predicted molar refractivity (Wildman–Crippen MR) is 69.7 cm³/mol. The van der Waals surface area contributed by atoms with Gasteiger partial charge in [-0.05, 0) is 43.0 Å². The summed E-state index contributed by atoms with van der Waals surface area (Å²) in [4.78, 5) is 0. The third-order valence-corrected chi connectivity index (χ3v) is 3.98. The van der Waals surface area contributed by atoms with Gasteiger partial charge >= 0.3 is 0 Å². The van der Waals surface area contributed by atoms with Crippen molar-refractivity contribution in [2.75, 3.05) is 0 Å². The molecule has 1 aliphatic carbocycles. The number of rotatable bonds is 2. The van der Waals surface area contributed by atoms with E-state index in [2.05, 4.69) is 0 Å². The summed E-state index contributed by atoms with van der Waals surface area (Å²) in [6.07, 6.45) is 6.17. The van der Waals surface area contributed by atoms with Gasteiger partial charge in [0, 0.05) is 5.39 Å². The molecule has 2 aromatic rings. The molecule has 0 aliphatic heterocycles. The van der Waals surface area contributed by atoms with Crippen LogP contribution in [0.3, 0.4) is 0 Å². The van der Waals surface area contributed by atoms with Crippen molar-refractivity contribution >= 4 is 11.0 Å². The molecule has 1 saturated carbocycles. The van der Waals surface area contributed by atoms with E-state index in [1.807, 2.05) is 6.07 Å². The highest BCUT2D eigenvalue weighted by atomic mass is 19.1. The Bertz CT molecular complexity index is 542. The summed E-state index contributed by atoms with van der Waals surface area (Å²) in [6.45, 7) is 0. The lowest BCUT2D eigenvalue weighted by Gasteiger charge is -2.25. The van der Waals surface area contributed by atoms with Crippen molar-refractivity contribution in [3.05, 3.63) is 35.8 Å². The van der Waals surface area contributed by atoms with Crippen molar-refractivity contribution in [3.8, 4) is 0 Å². The Morgan fingerprint density at radius 3 is 2.72 bits per heavy atom. The summed E-state index contributed by atoms with van der Waals surface area (Å²) >= 11 is 0. The fraction of sp³-hybridized carbons (Fsp3) is 0.467. The Balaban J connectivity index is 1.88. The molecule has 0 radical (unpaired) electrons. The van der Waals surface area contributed by atoms with Crippen LogP contribution in [0.15, 0.2) is 28.7 Å². The molecule has 1 unspecified atom stereocenters. The van der Waals surface area contributed by atoms with Crippen molar-refractivity contribution in [1.29, 1.82) is 0 Å². The summed E-state index contributed by atoms with van der Waals surface area (Å²) in [6, 6.07) is 6.41. The predicted octanol–water partition coefficient (Wildman–Crippen LogP) is 4.15. The van der Waals surface area contributed by atoms with E-state index in [1.165, 1.54) is 44.2 Å². The minimum absolute atomic E-state index is 0.0549. The maximum atomic E-state index is 13.1. The van der Waals surface area contributed by atoms with E-state index in [0.29, 0.717) is 5.92 Å².